The predicted molar refractivity (Wildman–Crippen MR) is 30.8 cm³/mol. The van der Waals surface area contributed by atoms with Crippen LogP contribution in [0.5, 0.6) is 0 Å². The maximum atomic E-state index is 6.40. The number of nitrogens with one attached hydrogen (secondary N) is 1. The zero-order valence-electron chi connectivity index (χ0n) is 2.61. The number of alkyl halides is 1. The highest BCUT2D eigenvalue weighted by molar-refractivity contribution is 14.1. The summed E-state index contributed by atoms with van der Waals surface area (Å²) in [5, 5.41) is 6.40. The minimum absolute atomic E-state index is 0.104. The molecule has 0 heterocycles. The summed E-state index contributed by atoms with van der Waals surface area (Å²) in [6, 6.07) is 0. The summed E-state index contributed by atoms with van der Waals surface area (Å²) >= 11 is 1.94. The van der Waals surface area contributed by atoms with Gasteiger partial charge < -0.3 is 11.1 Å². The molecular formula is C2H5IN2. The Hall–Kier alpha value is 0.360. The van der Waals surface area contributed by atoms with Crippen LogP contribution in [0.2, 0.25) is 0 Å². The molecule has 0 aromatic carbocycles. The average molecular weight is 184 g/mol. The first kappa shape index (κ1) is 5.36. The van der Waals surface area contributed by atoms with Gasteiger partial charge in [-0.25, -0.2) is 0 Å². The van der Waals surface area contributed by atoms with E-state index < -0.39 is 0 Å². The monoisotopic (exact) mass is 184 g/mol. The lowest BCUT2D eigenvalue weighted by molar-refractivity contribution is 1.27. The van der Waals surface area contributed by atoms with Gasteiger partial charge in [0.15, 0.2) is 0 Å². The van der Waals surface area contributed by atoms with E-state index >= 15 is 0 Å². The Morgan fingerprint density at radius 3 is 2.20 bits per heavy atom. The van der Waals surface area contributed by atoms with Crippen LogP contribution in [0.15, 0.2) is 0 Å². The summed E-state index contributed by atoms with van der Waals surface area (Å²) in [6.45, 7) is 0. The standard InChI is InChI=1S/C2H5IN2/c3-2(5)1-4/h1-2,4H,5H2. The summed E-state index contributed by atoms with van der Waals surface area (Å²) in [5.74, 6) is 0. The molecule has 0 aliphatic heterocycles. The molecule has 1 unspecified atom stereocenters. The molecule has 2 nitrogen and oxygen atoms in total. The van der Waals surface area contributed by atoms with Crippen LogP contribution < -0.4 is 5.73 Å². The molecular weight excluding hydrogens is 179 g/mol. The topological polar surface area (TPSA) is 49.9 Å². The van der Waals surface area contributed by atoms with E-state index in [0.717, 1.165) is 0 Å². The number of nitrogens with two attached hydrogens (primary N) is 1. The van der Waals surface area contributed by atoms with Crippen LogP contribution in [0.3, 0.4) is 0 Å². The zero-order chi connectivity index (χ0) is 4.28. The molecule has 0 aliphatic rings. The number of hydrogen-bond acceptors (Lipinski definition) is 2. The summed E-state index contributed by atoms with van der Waals surface area (Å²) in [7, 11) is 0. The normalized spacial score (nSPS) is 14.0. The van der Waals surface area contributed by atoms with Crippen molar-refractivity contribution < 1.29 is 0 Å². The van der Waals surface area contributed by atoms with Crippen LogP contribution in [0.1, 0.15) is 0 Å². The Labute approximate surface area is 44.4 Å². The molecule has 0 spiro atoms. The van der Waals surface area contributed by atoms with Gasteiger partial charge in [-0.15, -0.1) is 0 Å². The van der Waals surface area contributed by atoms with Crippen molar-refractivity contribution in [1.29, 1.82) is 5.41 Å². The third-order valence-corrected chi connectivity index (χ3v) is 0.519. The highest BCUT2D eigenvalue weighted by atomic mass is 127. The van der Waals surface area contributed by atoms with Crippen molar-refractivity contribution in [1.82, 2.24) is 0 Å². The molecule has 0 radical (unpaired) electrons. The molecule has 0 saturated carbocycles. The predicted octanol–water partition coefficient (Wildman–Crippen LogP) is 0.356. The lowest BCUT2D eigenvalue weighted by Gasteiger charge is -1.81. The van der Waals surface area contributed by atoms with Crippen molar-refractivity contribution >= 4 is 28.8 Å². The van der Waals surface area contributed by atoms with E-state index in [-0.39, 0.29) is 4.05 Å². The fraction of sp³-hybridized carbons (Fsp3) is 0.500. The van der Waals surface area contributed by atoms with Gasteiger partial charge in [-0.05, 0) is 0 Å². The van der Waals surface area contributed by atoms with Crippen LogP contribution in [-0.2, 0) is 0 Å². The first-order valence-corrected chi connectivity index (χ1v) is 2.42. The van der Waals surface area contributed by atoms with Gasteiger partial charge >= 0.3 is 0 Å². The summed E-state index contributed by atoms with van der Waals surface area (Å²) in [4.78, 5) is 0. The van der Waals surface area contributed by atoms with E-state index in [9.17, 15) is 0 Å². The zero-order valence-corrected chi connectivity index (χ0v) is 4.77. The van der Waals surface area contributed by atoms with E-state index in [4.69, 9.17) is 11.1 Å². The molecule has 0 fully saturated rings. The smallest absolute Gasteiger partial charge is 0.0920 e. The maximum absolute atomic E-state index is 6.40. The van der Waals surface area contributed by atoms with Crippen LogP contribution in [0, 0.1) is 5.41 Å². The molecule has 3 N–H and O–H groups in total. The van der Waals surface area contributed by atoms with Gasteiger partial charge in [-0.3, -0.25) is 0 Å². The molecule has 0 aliphatic carbocycles. The number of hydrogen-bond donors (Lipinski definition) is 2. The highest BCUT2D eigenvalue weighted by Gasteiger charge is 1.78. The van der Waals surface area contributed by atoms with Crippen molar-refractivity contribution in [3.63, 3.8) is 0 Å². The van der Waals surface area contributed by atoms with Gasteiger partial charge in [0.05, 0.1) is 4.05 Å². The molecule has 1 atom stereocenters. The minimum atomic E-state index is -0.104. The van der Waals surface area contributed by atoms with Gasteiger partial charge in [-0.2, -0.15) is 0 Å². The first-order valence-electron chi connectivity index (χ1n) is 1.17. The highest BCUT2D eigenvalue weighted by Crippen LogP contribution is 1.80. The summed E-state index contributed by atoms with van der Waals surface area (Å²) < 4.78 is -0.104. The van der Waals surface area contributed by atoms with E-state index in [2.05, 4.69) is 0 Å². The third kappa shape index (κ3) is 4.36. The first-order chi connectivity index (χ1) is 2.27. The molecule has 0 aromatic rings. The lowest BCUT2D eigenvalue weighted by Crippen LogP contribution is -2.10. The Morgan fingerprint density at radius 1 is 2.00 bits per heavy atom. The Morgan fingerprint density at radius 2 is 2.20 bits per heavy atom. The summed E-state index contributed by atoms with van der Waals surface area (Å²) in [5.41, 5.74) is 5.04. The van der Waals surface area contributed by atoms with Gasteiger partial charge in [0.25, 0.3) is 0 Å². The van der Waals surface area contributed by atoms with E-state index in [1.807, 2.05) is 22.6 Å². The molecule has 0 saturated heterocycles. The van der Waals surface area contributed by atoms with Crippen molar-refractivity contribution in [2.45, 2.75) is 4.05 Å². The van der Waals surface area contributed by atoms with Crippen LogP contribution in [-0.4, -0.2) is 10.3 Å². The van der Waals surface area contributed by atoms with E-state index in [0.29, 0.717) is 0 Å². The van der Waals surface area contributed by atoms with Crippen molar-refractivity contribution in [3.05, 3.63) is 0 Å². The summed E-state index contributed by atoms with van der Waals surface area (Å²) in [6.07, 6.45) is 1.18. The van der Waals surface area contributed by atoms with Crippen LogP contribution >= 0.6 is 22.6 Å². The molecule has 30 valence electrons. The third-order valence-electron chi connectivity index (χ3n) is 0.159. The molecule has 0 bridgehead atoms. The van der Waals surface area contributed by atoms with Gasteiger partial charge in [0.1, 0.15) is 0 Å². The second-order valence-electron chi connectivity index (χ2n) is 0.611. The largest absolute Gasteiger partial charge is 0.315 e. The maximum Gasteiger partial charge on any atom is 0.0920 e. The molecule has 0 amide bonds. The number of rotatable bonds is 1. The quantitative estimate of drug-likeness (QED) is 0.263. The van der Waals surface area contributed by atoms with Crippen molar-refractivity contribution in [2.75, 3.05) is 0 Å². The lowest BCUT2D eigenvalue weighted by atomic mass is 10.8. The van der Waals surface area contributed by atoms with Crippen molar-refractivity contribution in [3.8, 4) is 0 Å². The SMILES string of the molecule is N=CC(N)I. The fourth-order valence-corrected chi connectivity index (χ4v) is 0. The Balaban J connectivity index is 2.83. The van der Waals surface area contributed by atoms with E-state index in [1.165, 1.54) is 6.21 Å². The second kappa shape index (κ2) is 2.59. The molecule has 3 heteroatoms. The van der Waals surface area contributed by atoms with Gasteiger partial charge in [-0.1, -0.05) is 22.6 Å². The molecule has 0 aromatic heterocycles. The van der Waals surface area contributed by atoms with E-state index in [1.54, 1.807) is 0 Å². The minimum Gasteiger partial charge on any atom is -0.315 e. The van der Waals surface area contributed by atoms with Crippen LogP contribution in [0.25, 0.3) is 0 Å². The molecule has 0 rings (SSSR count). The second-order valence-corrected chi connectivity index (χ2v) is 2.05. The Bertz CT molecular complexity index is 34.6. The average Bonchev–Trinajstić information content (AvgIpc) is 1.38. The Kier molecular flexibility index (Phi) is 2.78. The van der Waals surface area contributed by atoms with Crippen LogP contribution in [0.4, 0.5) is 0 Å². The molecule has 5 heavy (non-hydrogen) atoms. The number of halogens is 1. The van der Waals surface area contributed by atoms with Gasteiger partial charge in [0, 0.05) is 6.21 Å². The fourth-order valence-electron chi connectivity index (χ4n) is 0. The van der Waals surface area contributed by atoms with Gasteiger partial charge in [0.2, 0.25) is 0 Å². The van der Waals surface area contributed by atoms with Crippen molar-refractivity contribution in [2.24, 2.45) is 5.73 Å².